The standard InChI is InChI=1S/C3H7N3O2S/c1-5-3(4)6-9(2,7)8/h1H2,2H3,(H2,4,6). The van der Waals surface area contributed by atoms with Gasteiger partial charge in [0.05, 0.1) is 6.26 Å². The zero-order valence-electron chi connectivity index (χ0n) is 4.90. The van der Waals surface area contributed by atoms with E-state index in [1.54, 1.807) is 0 Å². The Bertz CT molecular complexity index is 227. The lowest BCUT2D eigenvalue weighted by atomic mass is 11.1. The van der Waals surface area contributed by atoms with Gasteiger partial charge in [-0.25, -0.2) is 13.4 Å². The first-order valence-corrected chi connectivity index (χ1v) is 3.82. The number of hydrogen-bond donors (Lipinski definition) is 1. The molecule has 6 heteroatoms. The molecular weight excluding hydrogens is 142 g/mol. The van der Waals surface area contributed by atoms with Crippen LogP contribution >= 0.6 is 0 Å². The SMILES string of the molecule is C=N/C(N)=N/S(C)(=O)=O. The van der Waals surface area contributed by atoms with Gasteiger partial charge in [0.25, 0.3) is 10.0 Å². The lowest BCUT2D eigenvalue weighted by Gasteiger charge is -1.86. The summed E-state index contributed by atoms with van der Waals surface area (Å²) in [5.41, 5.74) is 4.90. The average Bonchev–Trinajstić information content (AvgIpc) is 1.62. The third-order valence-electron chi connectivity index (χ3n) is 0.421. The van der Waals surface area contributed by atoms with Crippen LogP contribution in [0, 0.1) is 0 Å². The fourth-order valence-electron chi connectivity index (χ4n) is 0.199. The molecule has 0 aliphatic carbocycles. The van der Waals surface area contributed by atoms with Crippen LogP contribution in [-0.4, -0.2) is 27.4 Å². The Morgan fingerprint density at radius 1 is 1.67 bits per heavy atom. The minimum atomic E-state index is -3.41. The molecule has 0 atom stereocenters. The molecule has 0 amide bonds. The summed E-state index contributed by atoms with van der Waals surface area (Å²) < 4.78 is 23.5. The summed E-state index contributed by atoms with van der Waals surface area (Å²) in [6.07, 6.45) is 0.922. The van der Waals surface area contributed by atoms with Crippen LogP contribution < -0.4 is 5.73 Å². The number of nitrogens with two attached hydrogens (primary N) is 1. The van der Waals surface area contributed by atoms with Crippen molar-refractivity contribution in [1.82, 2.24) is 0 Å². The summed E-state index contributed by atoms with van der Waals surface area (Å²) >= 11 is 0. The molecule has 0 aromatic heterocycles. The molecule has 0 bridgehead atoms. The van der Waals surface area contributed by atoms with Crippen LogP contribution in [0.1, 0.15) is 0 Å². The van der Waals surface area contributed by atoms with Crippen molar-refractivity contribution in [2.45, 2.75) is 0 Å². The number of sulfonamides is 1. The van der Waals surface area contributed by atoms with Gasteiger partial charge in [0.15, 0.2) is 0 Å². The van der Waals surface area contributed by atoms with Gasteiger partial charge in [0.1, 0.15) is 0 Å². The number of aliphatic imine (C=N–C) groups is 1. The third kappa shape index (κ3) is 4.95. The van der Waals surface area contributed by atoms with Crippen LogP contribution in [0.25, 0.3) is 0 Å². The first-order chi connectivity index (χ1) is 3.95. The second-order valence-corrected chi connectivity index (χ2v) is 2.99. The Hall–Kier alpha value is -0.910. The summed E-state index contributed by atoms with van der Waals surface area (Å²) in [5, 5.41) is 0. The maximum atomic E-state index is 10.2. The number of hydrogen-bond acceptors (Lipinski definition) is 2. The lowest BCUT2D eigenvalue weighted by molar-refractivity contribution is 0.603. The largest absolute Gasteiger partial charge is 0.367 e. The Kier molecular flexibility index (Phi) is 2.32. The Morgan fingerprint density at radius 2 is 2.11 bits per heavy atom. The minimum absolute atomic E-state index is 0.336. The predicted molar refractivity (Wildman–Crippen MR) is 36.0 cm³/mol. The molecule has 0 aromatic carbocycles. The highest BCUT2D eigenvalue weighted by Crippen LogP contribution is 1.83. The molecule has 2 N–H and O–H groups in total. The van der Waals surface area contributed by atoms with Gasteiger partial charge in [0, 0.05) is 0 Å². The number of guanidine groups is 1. The number of nitrogens with zero attached hydrogens (tertiary/aromatic N) is 2. The zero-order chi connectivity index (χ0) is 7.49. The topological polar surface area (TPSA) is 84.9 Å². The van der Waals surface area contributed by atoms with Crippen LogP contribution in [0.2, 0.25) is 0 Å². The van der Waals surface area contributed by atoms with Gasteiger partial charge in [-0.3, -0.25) is 0 Å². The molecule has 0 radical (unpaired) electrons. The van der Waals surface area contributed by atoms with Crippen LogP contribution in [0.3, 0.4) is 0 Å². The molecule has 5 nitrogen and oxygen atoms in total. The van der Waals surface area contributed by atoms with Gasteiger partial charge in [0.2, 0.25) is 5.96 Å². The van der Waals surface area contributed by atoms with Crippen molar-refractivity contribution in [2.24, 2.45) is 15.1 Å². The van der Waals surface area contributed by atoms with Crippen LogP contribution in [-0.2, 0) is 10.0 Å². The van der Waals surface area contributed by atoms with E-state index in [1.165, 1.54) is 0 Å². The zero-order valence-corrected chi connectivity index (χ0v) is 5.72. The number of rotatable bonds is 1. The smallest absolute Gasteiger partial charge is 0.253 e. The summed E-state index contributed by atoms with van der Waals surface area (Å²) in [4.78, 5) is 3.07. The summed E-state index contributed by atoms with van der Waals surface area (Å²) in [7, 11) is -3.41. The van der Waals surface area contributed by atoms with Crippen LogP contribution in [0.15, 0.2) is 9.39 Å². The fourth-order valence-corrected chi connectivity index (χ4v) is 0.596. The predicted octanol–water partition coefficient (Wildman–Crippen LogP) is -1.04. The van der Waals surface area contributed by atoms with E-state index in [0.29, 0.717) is 0 Å². The molecule has 0 aliphatic heterocycles. The van der Waals surface area contributed by atoms with Gasteiger partial charge in [-0.1, -0.05) is 0 Å². The first kappa shape index (κ1) is 8.09. The monoisotopic (exact) mass is 149 g/mol. The summed E-state index contributed by atoms with van der Waals surface area (Å²) in [6.45, 7) is 2.97. The minimum Gasteiger partial charge on any atom is -0.367 e. The van der Waals surface area contributed by atoms with E-state index in [0.717, 1.165) is 6.26 Å². The molecule has 52 valence electrons. The van der Waals surface area contributed by atoms with Gasteiger partial charge < -0.3 is 5.73 Å². The quantitative estimate of drug-likeness (QED) is 0.381. The van der Waals surface area contributed by atoms with Crippen molar-refractivity contribution in [3.05, 3.63) is 0 Å². The van der Waals surface area contributed by atoms with E-state index in [1.807, 2.05) is 0 Å². The van der Waals surface area contributed by atoms with E-state index in [4.69, 9.17) is 5.73 Å². The molecule has 0 saturated heterocycles. The van der Waals surface area contributed by atoms with Crippen LogP contribution in [0.4, 0.5) is 0 Å². The molecule has 0 spiro atoms. The molecule has 0 heterocycles. The van der Waals surface area contributed by atoms with E-state index in [9.17, 15) is 8.42 Å². The van der Waals surface area contributed by atoms with Crippen molar-refractivity contribution >= 4 is 22.7 Å². The van der Waals surface area contributed by atoms with Gasteiger partial charge in [-0.05, 0) is 6.72 Å². The normalized spacial score (nSPS) is 13.2. The second kappa shape index (κ2) is 2.58. The molecule has 0 aromatic rings. The highest BCUT2D eigenvalue weighted by Gasteiger charge is 1.95. The maximum absolute atomic E-state index is 10.2. The molecule has 0 fully saturated rings. The molecule has 0 saturated carbocycles. The van der Waals surface area contributed by atoms with E-state index in [2.05, 4.69) is 16.1 Å². The maximum Gasteiger partial charge on any atom is 0.253 e. The fraction of sp³-hybridized carbons (Fsp3) is 0.333. The Labute approximate surface area is 53.4 Å². The van der Waals surface area contributed by atoms with Gasteiger partial charge >= 0.3 is 0 Å². The highest BCUT2D eigenvalue weighted by atomic mass is 32.2. The molecule has 0 unspecified atom stereocenters. The third-order valence-corrected chi connectivity index (χ3v) is 0.940. The van der Waals surface area contributed by atoms with E-state index >= 15 is 0 Å². The van der Waals surface area contributed by atoms with Crippen molar-refractivity contribution in [2.75, 3.05) is 6.26 Å². The van der Waals surface area contributed by atoms with Crippen molar-refractivity contribution in [3.63, 3.8) is 0 Å². The van der Waals surface area contributed by atoms with Crippen molar-refractivity contribution < 1.29 is 8.42 Å². The first-order valence-electron chi connectivity index (χ1n) is 1.98. The second-order valence-electron chi connectivity index (χ2n) is 1.34. The average molecular weight is 149 g/mol. The Balaban J connectivity index is 4.51. The van der Waals surface area contributed by atoms with E-state index < -0.39 is 10.0 Å². The van der Waals surface area contributed by atoms with Crippen LogP contribution in [0.5, 0.6) is 0 Å². The summed E-state index contributed by atoms with van der Waals surface area (Å²) in [6, 6.07) is 0. The molecular formula is C3H7N3O2S. The molecule has 0 aliphatic rings. The molecule has 9 heavy (non-hydrogen) atoms. The molecule has 0 rings (SSSR count). The highest BCUT2D eigenvalue weighted by molar-refractivity contribution is 7.89. The van der Waals surface area contributed by atoms with Crippen molar-refractivity contribution in [3.8, 4) is 0 Å². The van der Waals surface area contributed by atoms with E-state index in [-0.39, 0.29) is 5.96 Å². The van der Waals surface area contributed by atoms with Gasteiger partial charge in [-0.15, -0.1) is 4.40 Å². The Morgan fingerprint density at radius 3 is 2.22 bits per heavy atom. The van der Waals surface area contributed by atoms with Gasteiger partial charge in [-0.2, -0.15) is 0 Å². The summed E-state index contributed by atoms with van der Waals surface area (Å²) in [5.74, 6) is -0.336. The van der Waals surface area contributed by atoms with Crippen molar-refractivity contribution in [1.29, 1.82) is 0 Å². The lowest BCUT2D eigenvalue weighted by Crippen LogP contribution is -2.10.